The summed E-state index contributed by atoms with van der Waals surface area (Å²) in [7, 11) is 0. The number of fused-ring (bicyclic) bond motifs is 1. The van der Waals surface area contributed by atoms with Gasteiger partial charge >= 0.3 is 6.03 Å². The molecule has 25 heavy (non-hydrogen) atoms. The highest BCUT2D eigenvalue weighted by atomic mass is 16.5. The van der Waals surface area contributed by atoms with E-state index in [1.54, 1.807) is 0 Å². The summed E-state index contributed by atoms with van der Waals surface area (Å²) in [6.45, 7) is 6.60. The maximum absolute atomic E-state index is 12.4. The van der Waals surface area contributed by atoms with E-state index in [0.29, 0.717) is 6.61 Å². The lowest BCUT2D eigenvalue weighted by Gasteiger charge is -2.16. The van der Waals surface area contributed by atoms with E-state index in [-0.39, 0.29) is 18.2 Å². The van der Waals surface area contributed by atoms with Crippen LogP contribution in [-0.2, 0) is 24.2 Å². The number of amides is 2. The lowest BCUT2D eigenvalue weighted by molar-refractivity contribution is 0.0654. The van der Waals surface area contributed by atoms with Gasteiger partial charge in [0.05, 0.1) is 12.7 Å². The van der Waals surface area contributed by atoms with Gasteiger partial charge in [-0.25, -0.2) is 4.79 Å². The molecule has 4 nitrogen and oxygen atoms in total. The Kier molecular flexibility index (Phi) is 5.39. The number of benzene rings is 2. The van der Waals surface area contributed by atoms with Gasteiger partial charge < -0.3 is 15.4 Å². The van der Waals surface area contributed by atoms with Crippen LogP contribution in [0.15, 0.2) is 42.5 Å². The highest BCUT2D eigenvalue weighted by Crippen LogP contribution is 2.23. The van der Waals surface area contributed by atoms with Crippen molar-refractivity contribution < 1.29 is 9.53 Å². The number of rotatable bonds is 5. The molecule has 0 unspecified atom stereocenters. The van der Waals surface area contributed by atoms with Gasteiger partial charge in [-0.1, -0.05) is 36.4 Å². The van der Waals surface area contributed by atoms with Crippen LogP contribution >= 0.6 is 0 Å². The van der Waals surface area contributed by atoms with Crippen LogP contribution in [0.5, 0.6) is 0 Å². The second-order valence-corrected chi connectivity index (χ2v) is 6.92. The second kappa shape index (κ2) is 7.70. The molecule has 2 aromatic rings. The van der Waals surface area contributed by atoms with Crippen molar-refractivity contribution in [3.63, 3.8) is 0 Å². The zero-order valence-electron chi connectivity index (χ0n) is 15.1. The molecule has 132 valence electrons. The van der Waals surface area contributed by atoms with Crippen LogP contribution in [0.4, 0.5) is 10.5 Å². The minimum absolute atomic E-state index is 0.150. The maximum Gasteiger partial charge on any atom is 0.319 e. The molecule has 0 fully saturated rings. The van der Waals surface area contributed by atoms with Crippen molar-refractivity contribution in [3.05, 3.63) is 64.7 Å². The predicted molar refractivity (Wildman–Crippen MR) is 101 cm³/mol. The first kappa shape index (κ1) is 17.5. The summed E-state index contributed by atoms with van der Waals surface area (Å²) in [5, 5.41) is 6.08. The Hall–Kier alpha value is -2.33. The van der Waals surface area contributed by atoms with Gasteiger partial charge in [0.15, 0.2) is 0 Å². The van der Waals surface area contributed by atoms with Crippen LogP contribution in [0.3, 0.4) is 0 Å². The third-order valence-electron chi connectivity index (χ3n) is 4.65. The number of nitrogens with one attached hydrogen (secondary N) is 2. The fourth-order valence-corrected chi connectivity index (χ4v) is 3.24. The number of ether oxygens (including phenoxy) is 1. The first-order chi connectivity index (χ1) is 12.0. The lowest BCUT2D eigenvalue weighted by Crippen LogP contribution is -2.38. The molecule has 2 amide bonds. The number of hydrogen-bond donors (Lipinski definition) is 2. The van der Waals surface area contributed by atoms with E-state index in [4.69, 9.17) is 4.74 Å². The fourth-order valence-electron chi connectivity index (χ4n) is 3.24. The van der Waals surface area contributed by atoms with E-state index in [1.807, 2.05) is 39.0 Å². The standard InChI is InChI=1S/C21H26N2O2/c1-14(2)25-13-18-9-6-10-20(15(18)3)23-21(24)22-19-11-16-7-4-5-8-17(16)12-19/h4-10,14,19H,11-13H2,1-3H3,(H2,22,23,24). The molecule has 0 heterocycles. The van der Waals surface area contributed by atoms with Gasteiger partial charge in [0, 0.05) is 11.7 Å². The molecule has 0 radical (unpaired) electrons. The molecule has 0 bridgehead atoms. The molecule has 1 aliphatic rings. The number of hydrogen-bond acceptors (Lipinski definition) is 2. The molecule has 0 atom stereocenters. The van der Waals surface area contributed by atoms with E-state index in [1.165, 1.54) is 11.1 Å². The largest absolute Gasteiger partial charge is 0.374 e. The topological polar surface area (TPSA) is 50.4 Å². The van der Waals surface area contributed by atoms with E-state index in [9.17, 15) is 4.79 Å². The first-order valence-corrected chi connectivity index (χ1v) is 8.87. The number of carbonyl (C=O) groups excluding carboxylic acids is 1. The van der Waals surface area contributed by atoms with Gasteiger partial charge in [0.25, 0.3) is 0 Å². The lowest BCUT2D eigenvalue weighted by atomic mass is 10.1. The van der Waals surface area contributed by atoms with Crippen molar-refractivity contribution in [2.45, 2.75) is 52.4 Å². The predicted octanol–water partition coefficient (Wildman–Crippen LogP) is 4.21. The molecule has 1 aliphatic carbocycles. The molecule has 0 saturated carbocycles. The Balaban J connectivity index is 1.59. The van der Waals surface area contributed by atoms with Crippen LogP contribution in [0.1, 0.15) is 36.1 Å². The molecule has 0 saturated heterocycles. The van der Waals surface area contributed by atoms with E-state index >= 15 is 0 Å². The Morgan fingerprint density at radius 3 is 2.44 bits per heavy atom. The molecule has 2 N–H and O–H groups in total. The Bertz CT molecular complexity index is 730. The summed E-state index contributed by atoms with van der Waals surface area (Å²) >= 11 is 0. The minimum atomic E-state index is -0.150. The summed E-state index contributed by atoms with van der Waals surface area (Å²) in [6, 6.07) is 14.3. The second-order valence-electron chi connectivity index (χ2n) is 6.92. The zero-order valence-corrected chi connectivity index (χ0v) is 15.1. The average molecular weight is 338 g/mol. The number of anilines is 1. The van der Waals surface area contributed by atoms with Crippen molar-refractivity contribution in [3.8, 4) is 0 Å². The molecule has 0 spiro atoms. The average Bonchev–Trinajstić information content (AvgIpc) is 2.97. The van der Waals surface area contributed by atoms with Gasteiger partial charge in [-0.3, -0.25) is 0 Å². The third-order valence-corrected chi connectivity index (χ3v) is 4.65. The van der Waals surface area contributed by atoms with Crippen molar-refractivity contribution >= 4 is 11.7 Å². The van der Waals surface area contributed by atoms with E-state index < -0.39 is 0 Å². The smallest absolute Gasteiger partial charge is 0.319 e. The summed E-state index contributed by atoms with van der Waals surface area (Å²) in [5.41, 5.74) is 5.64. The van der Waals surface area contributed by atoms with Gasteiger partial charge in [0.1, 0.15) is 0 Å². The van der Waals surface area contributed by atoms with E-state index in [2.05, 4.69) is 34.9 Å². The molecular weight excluding hydrogens is 312 g/mol. The zero-order chi connectivity index (χ0) is 17.8. The summed E-state index contributed by atoms with van der Waals surface area (Å²) in [4.78, 5) is 12.4. The minimum Gasteiger partial charge on any atom is -0.374 e. The van der Waals surface area contributed by atoms with E-state index in [0.717, 1.165) is 29.7 Å². The Morgan fingerprint density at radius 1 is 1.12 bits per heavy atom. The Morgan fingerprint density at radius 2 is 1.80 bits per heavy atom. The number of carbonyl (C=O) groups is 1. The van der Waals surface area contributed by atoms with Crippen LogP contribution in [-0.4, -0.2) is 18.2 Å². The first-order valence-electron chi connectivity index (χ1n) is 8.87. The van der Waals surface area contributed by atoms with Gasteiger partial charge in [0.2, 0.25) is 0 Å². The quantitative estimate of drug-likeness (QED) is 0.858. The molecule has 0 aliphatic heterocycles. The van der Waals surface area contributed by atoms with Crippen LogP contribution < -0.4 is 10.6 Å². The maximum atomic E-state index is 12.4. The van der Waals surface area contributed by atoms with Gasteiger partial charge in [-0.2, -0.15) is 0 Å². The third kappa shape index (κ3) is 4.40. The summed E-state index contributed by atoms with van der Waals surface area (Å²) < 4.78 is 5.68. The molecular formula is C21H26N2O2. The molecule has 0 aromatic heterocycles. The molecule has 3 rings (SSSR count). The van der Waals surface area contributed by atoms with Crippen LogP contribution in [0.25, 0.3) is 0 Å². The fraction of sp³-hybridized carbons (Fsp3) is 0.381. The SMILES string of the molecule is Cc1c(COC(C)C)cccc1NC(=O)NC1Cc2ccccc2C1. The van der Waals surface area contributed by atoms with Crippen LogP contribution in [0.2, 0.25) is 0 Å². The highest BCUT2D eigenvalue weighted by molar-refractivity contribution is 5.90. The van der Waals surface area contributed by atoms with Crippen molar-refractivity contribution in [1.29, 1.82) is 0 Å². The monoisotopic (exact) mass is 338 g/mol. The van der Waals surface area contributed by atoms with Crippen LogP contribution in [0, 0.1) is 6.92 Å². The summed E-state index contributed by atoms with van der Waals surface area (Å²) in [6.07, 6.45) is 1.97. The Labute approximate surface area is 149 Å². The van der Waals surface area contributed by atoms with Crippen molar-refractivity contribution in [1.82, 2.24) is 5.32 Å². The normalized spacial score (nSPS) is 13.8. The van der Waals surface area contributed by atoms with Crippen molar-refractivity contribution in [2.24, 2.45) is 0 Å². The van der Waals surface area contributed by atoms with Crippen molar-refractivity contribution in [2.75, 3.05) is 5.32 Å². The highest BCUT2D eigenvalue weighted by Gasteiger charge is 2.22. The van der Waals surface area contributed by atoms with Gasteiger partial charge in [-0.15, -0.1) is 0 Å². The van der Waals surface area contributed by atoms with Gasteiger partial charge in [-0.05, 0) is 61.9 Å². The number of urea groups is 1. The molecule has 4 heteroatoms. The molecule has 2 aromatic carbocycles. The summed E-state index contributed by atoms with van der Waals surface area (Å²) in [5.74, 6) is 0.